The molecule has 0 aliphatic rings. The number of likely N-dealkylation sites (N-methyl/N-ethyl adjacent to an activating group) is 1. The van der Waals surface area contributed by atoms with Crippen LogP contribution in [0.3, 0.4) is 0 Å². The van der Waals surface area contributed by atoms with Gasteiger partial charge in [0.25, 0.3) is 6.29 Å². The third kappa shape index (κ3) is 61.9. The Bertz CT molecular complexity index is 1570. The predicted molar refractivity (Wildman–Crippen MR) is 336 cm³/mol. The third-order valence-corrected chi connectivity index (χ3v) is 14.1. The fourth-order valence-corrected chi connectivity index (χ4v) is 9.13. The molecule has 0 amide bonds. The average molecular weight is 1110 g/mol. The Labute approximate surface area is 487 Å². The van der Waals surface area contributed by atoms with Crippen LogP contribution in [-0.4, -0.2) is 87.4 Å². The van der Waals surface area contributed by atoms with Crippen molar-refractivity contribution in [3.63, 3.8) is 0 Å². The highest BCUT2D eigenvalue weighted by Gasteiger charge is 2.25. The molecule has 0 radical (unpaired) electrons. The highest BCUT2D eigenvalue weighted by Crippen LogP contribution is 2.17. The minimum Gasteiger partial charge on any atom is -0.477 e. The van der Waals surface area contributed by atoms with E-state index in [-0.39, 0.29) is 32.2 Å². The van der Waals surface area contributed by atoms with E-state index in [9.17, 15) is 19.5 Å². The maximum Gasteiger partial charge on any atom is 0.361 e. The largest absolute Gasteiger partial charge is 0.477 e. The first-order valence-electron chi connectivity index (χ1n) is 32.8. The van der Waals surface area contributed by atoms with E-state index in [1.165, 1.54) is 180 Å². The number of allylic oxidation sites excluding steroid dienone is 14. The molecule has 0 heterocycles. The van der Waals surface area contributed by atoms with Crippen molar-refractivity contribution in [2.75, 3.05) is 47.5 Å². The molecule has 0 bridgehead atoms. The maximum atomic E-state index is 12.9. The van der Waals surface area contributed by atoms with E-state index in [1.807, 2.05) is 21.1 Å². The molecule has 0 saturated carbocycles. The molecule has 0 aliphatic heterocycles. The number of ether oxygens (including phenoxy) is 4. The van der Waals surface area contributed by atoms with Gasteiger partial charge in [0.2, 0.25) is 0 Å². The number of rotatable bonds is 60. The van der Waals surface area contributed by atoms with Crippen LogP contribution < -0.4 is 0 Å². The molecule has 1 N–H and O–H groups in total. The number of hydrogen-bond acceptors (Lipinski definition) is 7. The van der Waals surface area contributed by atoms with Gasteiger partial charge in [0, 0.05) is 12.8 Å². The van der Waals surface area contributed by atoms with Gasteiger partial charge in [-0.3, -0.25) is 9.59 Å². The quantitative estimate of drug-likeness (QED) is 0.0211. The van der Waals surface area contributed by atoms with E-state index in [0.717, 1.165) is 77.0 Å². The topological polar surface area (TPSA) is 108 Å². The Kier molecular flexibility index (Phi) is 57.9. The second kappa shape index (κ2) is 60.6. The molecule has 0 saturated heterocycles. The maximum absolute atomic E-state index is 12.9. The summed E-state index contributed by atoms with van der Waals surface area (Å²) in [6, 6.07) is 0. The Balaban J connectivity index is 4.16. The second-order valence-electron chi connectivity index (χ2n) is 23.0. The zero-order chi connectivity index (χ0) is 57.6. The van der Waals surface area contributed by atoms with Crippen molar-refractivity contribution in [1.29, 1.82) is 0 Å². The summed E-state index contributed by atoms with van der Waals surface area (Å²) >= 11 is 0. The highest BCUT2D eigenvalue weighted by molar-refractivity contribution is 5.71. The summed E-state index contributed by atoms with van der Waals surface area (Å²) < 4.78 is 23.0. The van der Waals surface area contributed by atoms with Crippen molar-refractivity contribution >= 4 is 17.9 Å². The van der Waals surface area contributed by atoms with Gasteiger partial charge in [-0.25, -0.2) is 4.79 Å². The van der Waals surface area contributed by atoms with E-state index in [2.05, 4.69) is 98.9 Å². The number of carboxylic acids is 1. The van der Waals surface area contributed by atoms with Crippen molar-refractivity contribution in [2.24, 2.45) is 0 Å². The van der Waals surface area contributed by atoms with Gasteiger partial charge >= 0.3 is 17.9 Å². The van der Waals surface area contributed by atoms with Crippen LogP contribution in [0, 0.1) is 0 Å². The SMILES string of the molecule is CC/C=C\C/C=C\C/C=C\C/C=C\CCCCCCCCCCCCCCCCCCC(=O)OC(COC(=O)CCCCCCCCCCCC/C=C\C/C=C\C/C=C\CCCCCCC)COC(OCC[N+](C)(C)C)C(=O)O. The van der Waals surface area contributed by atoms with Crippen LogP contribution in [0.5, 0.6) is 0 Å². The fraction of sp³-hybridized carbons (Fsp3) is 0.757. The van der Waals surface area contributed by atoms with Crippen molar-refractivity contribution in [3.05, 3.63) is 85.1 Å². The summed E-state index contributed by atoms with van der Waals surface area (Å²) in [6.45, 7) is 4.77. The number of carbonyl (C=O) groups excluding carboxylic acids is 2. The zero-order valence-corrected chi connectivity index (χ0v) is 52.0. The van der Waals surface area contributed by atoms with Crippen LogP contribution in [0.25, 0.3) is 0 Å². The van der Waals surface area contributed by atoms with E-state index < -0.39 is 24.3 Å². The van der Waals surface area contributed by atoms with Crippen LogP contribution in [0.15, 0.2) is 85.1 Å². The van der Waals surface area contributed by atoms with Crippen molar-refractivity contribution in [1.82, 2.24) is 0 Å². The molecule has 2 unspecified atom stereocenters. The van der Waals surface area contributed by atoms with Crippen molar-refractivity contribution in [2.45, 2.75) is 296 Å². The minimum atomic E-state index is -1.51. The van der Waals surface area contributed by atoms with Gasteiger partial charge in [-0.15, -0.1) is 0 Å². The first-order valence-corrected chi connectivity index (χ1v) is 32.8. The number of unbranched alkanes of at least 4 members (excludes halogenated alkanes) is 31. The molecule has 2 atom stereocenters. The Morgan fingerprint density at radius 3 is 1.08 bits per heavy atom. The highest BCUT2D eigenvalue weighted by atomic mass is 16.7. The zero-order valence-electron chi connectivity index (χ0n) is 52.0. The van der Waals surface area contributed by atoms with Gasteiger partial charge in [0.15, 0.2) is 6.10 Å². The van der Waals surface area contributed by atoms with Crippen LogP contribution >= 0.6 is 0 Å². The Morgan fingerprint density at radius 1 is 0.392 bits per heavy atom. The summed E-state index contributed by atoms with van der Waals surface area (Å²) in [4.78, 5) is 37.6. The summed E-state index contributed by atoms with van der Waals surface area (Å²) in [5.41, 5.74) is 0. The van der Waals surface area contributed by atoms with Crippen LogP contribution in [-0.2, 0) is 33.3 Å². The molecule has 456 valence electrons. The fourth-order valence-electron chi connectivity index (χ4n) is 9.13. The monoisotopic (exact) mass is 1110 g/mol. The number of carboxylic acid groups (broad SMARTS) is 1. The first kappa shape index (κ1) is 75.5. The van der Waals surface area contributed by atoms with Gasteiger partial charge in [-0.05, 0) is 89.9 Å². The van der Waals surface area contributed by atoms with Gasteiger partial charge in [-0.1, -0.05) is 266 Å². The number of quaternary nitrogens is 1. The van der Waals surface area contributed by atoms with Crippen molar-refractivity contribution in [3.8, 4) is 0 Å². The molecule has 0 aliphatic carbocycles. The summed E-state index contributed by atoms with van der Waals surface area (Å²) in [5.74, 6) is -2.00. The van der Waals surface area contributed by atoms with Crippen LogP contribution in [0.4, 0.5) is 0 Å². The molecule has 9 heteroatoms. The van der Waals surface area contributed by atoms with E-state index in [4.69, 9.17) is 18.9 Å². The Morgan fingerprint density at radius 2 is 0.722 bits per heavy atom. The molecule has 0 aromatic rings. The third-order valence-electron chi connectivity index (χ3n) is 14.1. The molecule has 0 rings (SSSR count). The Hall–Kier alpha value is -3.53. The smallest absolute Gasteiger partial charge is 0.361 e. The number of esters is 2. The molecule has 0 fully saturated rings. The lowest BCUT2D eigenvalue weighted by atomic mass is 10.0. The summed E-state index contributed by atoms with van der Waals surface area (Å²) in [5, 5.41) is 9.73. The number of carbonyl (C=O) groups is 3. The van der Waals surface area contributed by atoms with Gasteiger partial charge in [0.1, 0.15) is 13.2 Å². The lowest BCUT2D eigenvalue weighted by Gasteiger charge is -2.25. The summed E-state index contributed by atoms with van der Waals surface area (Å²) in [6.07, 6.45) is 78.2. The molecule has 0 aromatic heterocycles. The van der Waals surface area contributed by atoms with E-state index in [0.29, 0.717) is 17.4 Å². The lowest BCUT2D eigenvalue weighted by molar-refractivity contribution is -0.870. The number of aliphatic carboxylic acids is 1. The molecule has 9 nitrogen and oxygen atoms in total. The molecule has 79 heavy (non-hydrogen) atoms. The van der Waals surface area contributed by atoms with Gasteiger partial charge in [-0.2, -0.15) is 0 Å². The minimum absolute atomic E-state index is 0.185. The molecule has 0 spiro atoms. The first-order chi connectivity index (χ1) is 38.6. The second-order valence-corrected chi connectivity index (χ2v) is 23.0. The van der Waals surface area contributed by atoms with Gasteiger partial charge < -0.3 is 28.5 Å². The number of hydrogen-bond donors (Lipinski definition) is 1. The normalized spacial score (nSPS) is 13.3. The van der Waals surface area contributed by atoms with Crippen LogP contribution in [0.2, 0.25) is 0 Å². The lowest BCUT2D eigenvalue weighted by Crippen LogP contribution is -2.40. The molecular weight excluding hydrogens is 983 g/mol. The number of nitrogens with zero attached hydrogens (tertiary/aromatic N) is 1. The van der Waals surface area contributed by atoms with Crippen molar-refractivity contribution < 1.29 is 42.9 Å². The van der Waals surface area contributed by atoms with Crippen LogP contribution in [0.1, 0.15) is 284 Å². The molecular formula is C70H124NO8+. The summed E-state index contributed by atoms with van der Waals surface area (Å²) in [7, 11) is 5.97. The standard InChI is InChI=1S/C70H123NO8/c1-6-8-10-12-14-16-18-20-22-24-26-28-30-32-33-34-35-37-39-41-43-45-47-49-51-53-55-57-59-61-68(73)79-66(65-78-70(69(74)75)76-63-62-71(3,4)5)64-77-67(72)60-58-56-54-52-50-48-46-44-42-40-38-36-31-29-27-25-23-21-19-17-15-13-11-9-7-2/h8,10,14,16,19-22,25-28,31,36,66,70H,6-7,9,11-13,15,17-18,23-24,29-30,32-35,37-65H2,1-5H3/p+1/b10-8-,16-14-,21-19-,22-20-,27-25-,28-26-,36-31-. The molecule has 0 aromatic carbocycles. The van der Waals surface area contributed by atoms with E-state index >= 15 is 0 Å². The predicted octanol–water partition coefficient (Wildman–Crippen LogP) is 19.9. The van der Waals surface area contributed by atoms with E-state index in [1.54, 1.807) is 0 Å². The van der Waals surface area contributed by atoms with Gasteiger partial charge in [0.05, 0.1) is 34.4 Å². The average Bonchev–Trinajstić information content (AvgIpc) is 3.42.